The molecule has 0 radical (unpaired) electrons. The lowest BCUT2D eigenvalue weighted by Crippen LogP contribution is -2.16. The van der Waals surface area contributed by atoms with Crippen LogP contribution in [0.15, 0.2) is 54.1 Å². The van der Waals surface area contributed by atoms with Crippen molar-refractivity contribution in [1.82, 2.24) is 0 Å². The smallest absolute Gasteiger partial charge is 0.251 e. The molecule has 0 heterocycles. The van der Waals surface area contributed by atoms with Gasteiger partial charge in [-0.2, -0.15) is 0 Å². The van der Waals surface area contributed by atoms with Crippen molar-refractivity contribution < 1.29 is 18.8 Å². The van der Waals surface area contributed by atoms with E-state index in [0.29, 0.717) is 16.9 Å². The number of anilines is 2. The molecule has 0 fully saturated rings. The molecule has 2 aromatic rings. The minimum absolute atomic E-state index is 0.0727. The molecule has 2 N–H and O–H groups in total. The number of nitrogens with one attached hydrogen (secondary N) is 2. The molecule has 26 heavy (non-hydrogen) atoms. The van der Waals surface area contributed by atoms with Crippen molar-refractivity contribution in [3.05, 3.63) is 70.5 Å². The van der Waals surface area contributed by atoms with Crippen molar-refractivity contribution in [3.8, 4) is 0 Å². The molecule has 2 rings (SSSR count). The summed E-state index contributed by atoms with van der Waals surface area (Å²) in [4.78, 5) is 35.3. The third kappa shape index (κ3) is 5.26. The zero-order valence-corrected chi connectivity index (χ0v) is 14.9. The van der Waals surface area contributed by atoms with Gasteiger partial charge in [0.2, 0.25) is 5.91 Å². The van der Waals surface area contributed by atoms with E-state index in [1.54, 1.807) is 24.3 Å². The van der Waals surface area contributed by atoms with Gasteiger partial charge in [0.05, 0.1) is 5.02 Å². The second-order valence-electron chi connectivity index (χ2n) is 5.53. The third-order valence-corrected chi connectivity index (χ3v) is 3.73. The van der Waals surface area contributed by atoms with Crippen LogP contribution >= 0.6 is 11.6 Å². The van der Waals surface area contributed by atoms with Crippen LogP contribution in [0, 0.1) is 5.82 Å². The normalized spacial score (nSPS) is 11.0. The quantitative estimate of drug-likeness (QED) is 0.608. The zero-order chi connectivity index (χ0) is 19.3. The molecule has 0 atom stereocenters. The van der Waals surface area contributed by atoms with Gasteiger partial charge in [0.25, 0.3) is 5.91 Å². The monoisotopic (exact) mass is 374 g/mol. The molecule has 0 unspecified atom stereocenters. The predicted molar refractivity (Wildman–Crippen MR) is 98.9 cm³/mol. The SMILES string of the molecule is CC(=O)c1ccc(NC(=O)/C(C)=C\C(=O)Nc2ccc(F)c(Cl)c2)cc1. The minimum Gasteiger partial charge on any atom is -0.322 e. The summed E-state index contributed by atoms with van der Waals surface area (Å²) < 4.78 is 13.1. The van der Waals surface area contributed by atoms with E-state index < -0.39 is 17.6 Å². The first-order chi connectivity index (χ1) is 12.3. The lowest BCUT2D eigenvalue weighted by atomic mass is 10.1. The Morgan fingerprint density at radius 1 is 0.962 bits per heavy atom. The first-order valence-electron chi connectivity index (χ1n) is 7.63. The molecule has 0 aliphatic heterocycles. The topological polar surface area (TPSA) is 75.3 Å². The molecular formula is C19H16ClFN2O3. The maximum Gasteiger partial charge on any atom is 0.251 e. The Balaban J connectivity index is 2.00. The second kappa shape index (κ2) is 8.40. The van der Waals surface area contributed by atoms with Gasteiger partial charge >= 0.3 is 0 Å². The highest BCUT2D eigenvalue weighted by Crippen LogP contribution is 2.19. The molecule has 0 saturated carbocycles. The van der Waals surface area contributed by atoms with Gasteiger partial charge in [-0.1, -0.05) is 11.6 Å². The molecule has 5 nitrogen and oxygen atoms in total. The van der Waals surface area contributed by atoms with Gasteiger partial charge in [0, 0.05) is 28.6 Å². The van der Waals surface area contributed by atoms with Gasteiger partial charge < -0.3 is 10.6 Å². The third-order valence-electron chi connectivity index (χ3n) is 3.44. The van der Waals surface area contributed by atoms with E-state index >= 15 is 0 Å². The van der Waals surface area contributed by atoms with Crippen LogP contribution in [0.25, 0.3) is 0 Å². The lowest BCUT2D eigenvalue weighted by Gasteiger charge is -2.07. The summed E-state index contributed by atoms with van der Waals surface area (Å²) in [6, 6.07) is 10.2. The Bertz CT molecular complexity index is 892. The number of carbonyl (C=O) groups is 3. The van der Waals surface area contributed by atoms with E-state index in [1.807, 2.05) is 0 Å². The van der Waals surface area contributed by atoms with Crippen molar-refractivity contribution >= 4 is 40.6 Å². The Hall–Kier alpha value is -2.99. The number of benzene rings is 2. The Morgan fingerprint density at radius 2 is 1.58 bits per heavy atom. The van der Waals surface area contributed by atoms with Gasteiger partial charge in [-0.25, -0.2) is 4.39 Å². The van der Waals surface area contributed by atoms with Crippen LogP contribution < -0.4 is 10.6 Å². The maximum atomic E-state index is 13.1. The van der Waals surface area contributed by atoms with Crippen molar-refractivity contribution in [2.24, 2.45) is 0 Å². The Morgan fingerprint density at radius 3 is 2.15 bits per heavy atom. The fraction of sp³-hybridized carbons (Fsp3) is 0.105. The average molecular weight is 375 g/mol. The van der Waals surface area contributed by atoms with Crippen LogP contribution in [0.3, 0.4) is 0 Å². The summed E-state index contributed by atoms with van der Waals surface area (Å²) in [6.45, 7) is 2.93. The van der Waals surface area contributed by atoms with Gasteiger partial charge in [0.15, 0.2) is 5.78 Å². The summed E-state index contributed by atoms with van der Waals surface area (Å²) >= 11 is 5.65. The molecule has 0 spiro atoms. The van der Waals surface area contributed by atoms with E-state index in [1.165, 1.54) is 26.0 Å². The van der Waals surface area contributed by atoms with Crippen LogP contribution in [0.5, 0.6) is 0 Å². The van der Waals surface area contributed by atoms with E-state index in [9.17, 15) is 18.8 Å². The molecule has 0 bridgehead atoms. The molecule has 0 saturated heterocycles. The fourth-order valence-corrected chi connectivity index (χ4v) is 2.21. The zero-order valence-electron chi connectivity index (χ0n) is 14.1. The van der Waals surface area contributed by atoms with Crippen LogP contribution in [0.2, 0.25) is 5.02 Å². The van der Waals surface area contributed by atoms with Gasteiger partial charge in [0.1, 0.15) is 5.82 Å². The van der Waals surface area contributed by atoms with Crippen LogP contribution in [-0.4, -0.2) is 17.6 Å². The van der Waals surface area contributed by atoms with E-state index in [0.717, 1.165) is 12.1 Å². The number of ketones is 1. The Kier molecular flexibility index (Phi) is 6.25. The number of amides is 2. The molecule has 2 amide bonds. The lowest BCUT2D eigenvalue weighted by molar-refractivity contribution is -0.114. The summed E-state index contributed by atoms with van der Waals surface area (Å²) in [7, 11) is 0. The Labute approximate surface area is 154 Å². The molecule has 0 aliphatic carbocycles. The summed E-state index contributed by atoms with van der Waals surface area (Å²) in [5, 5.41) is 5.00. The first-order valence-corrected chi connectivity index (χ1v) is 8.01. The largest absolute Gasteiger partial charge is 0.322 e. The second-order valence-corrected chi connectivity index (χ2v) is 5.94. The van der Waals surface area contributed by atoms with E-state index in [-0.39, 0.29) is 16.4 Å². The minimum atomic E-state index is -0.591. The van der Waals surface area contributed by atoms with E-state index in [2.05, 4.69) is 10.6 Å². The van der Waals surface area contributed by atoms with Crippen LogP contribution in [-0.2, 0) is 9.59 Å². The summed E-state index contributed by atoms with van der Waals surface area (Å²) in [5.41, 5.74) is 1.52. The maximum absolute atomic E-state index is 13.1. The highest BCUT2D eigenvalue weighted by atomic mass is 35.5. The standard InChI is InChI=1S/C19H16ClFN2O3/c1-11(9-18(25)22-15-7-8-17(21)16(20)10-15)19(26)23-14-5-3-13(4-6-14)12(2)24/h3-10H,1-2H3,(H,22,25)(H,23,26)/b11-9-. The van der Waals surface area contributed by atoms with Crippen molar-refractivity contribution in [3.63, 3.8) is 0 Å². The highest BCUT2D eigenvalue weighted by Gasteiger charge is 2.09. The van der Waals surface area contributed by atoms with Crippen molar-refractivity contribution in [2.45, 2.75) is 13.8 Å². The van der Waals surface area contributed by atoms with Crippen molar-refractivity contribution in [2.75, 3.05) is 10.6 Å². The number of Topliss-reactive ketones (excluding diaryl/α,β-unsaturated/α-hetero) is 1. The summed E-state index contributed by atoms with van der Waals surface area (Å²) in [6.07, 6.45) is 1.12. The van der Waals surface area contributed by atoms with Crippen LogP contribution in [0.1, 0.15) is 24.2 Å². The van der Waals surface area contributed by atoms with Gasteiger partial charge in [-0.3, -0.25) is 14.4 Å². The van der Waals surface area contributed by atoms with Crippen LogP contribution in [0.4, 0.5) is 15.8 Å². The predicted octanol–water partition coefficient (Wildman–Crippen LogP) is 4.21. The number of carbonyl (C=O) groups excluding carboxylic acids is 3. The molecular weight excluding hydrogens is 359 g/mol. The number of rotatable bonds is 5. The number of hydrogen-bond donors (Lipinski definition) is 2. The van der Waals surface area contributed by atoms with Crippen molar-refractivity contribution in [1.29, 1.82) is 0 Å². The van der Waals surface area contributed by atoms with Gasteiger partial charge in [-0.15, -0.1) is 0 Å². The molecule has 0 aromatic heterocycles. The fourth-order valence-electron chi connectivity index (χ4n) is 2.03. The molecule has 134 valence electrons. The number of hydrogen-bond acceptors (Lipinski definition) is 3. The average Bonchev–Trinajstić information content (AvgIpc) is 2.58. The molecule has 2 aromatic carbocycles. The first kappa shape index (κ1) is 19.3. The number of halogens is 2. The molecule has 7 heteroatoms. The highest BCUT2D eigenvalue weighted by molar-refractivity contribution is 6.31. The van der Waals surface area contributed by atoms with E-state index in [4.69, 9.17) is 11.6 Å². The summed E-state index contributed by atoms with van der Waals surface area (Å²) in [5.74, 6) is -1.68. The van der Waals surface area contributed by atoms with Gasteiger partial charge in [-0.05, 0) is 56.3 Å². The molecule has 0 aliphatic rings.